The molecule has 1 N–H and O–H groups in total. The molecule has 1 unspecified atom stereocenters. The third kappa shape index (κ3) is 3.85. The number of nitrogens with one attached hydrogen (secondary N) is 1. The van der Waals surface area contributed by atoms with Gasteiger partial charge in [0, 0.05) is 12.6 Å². The van der Waals surface area contributed by atoms with Crippen LogP contribution >= 0.6 is 0 Å². The Kier molecular flexibility index (Phi) is 5.22. The molecule has 6 nitrogen and oxygen atoms in total. The molecule has 0 radical (unpaired) electrons. The lowest BCUT2D eigenvalue weighted by Gasteiger charge is -2.31. The van der Waals surface area contributed by atoms with E-state index in [1.165, 1.54) is 19.1 Å². The normalized spacial score (nSPS) is 18.2. The van der Waals surface area contributed by atoms with Gasteiger partial charge in [-0.05, 0) is 42.3 Å². The van der Waals surface area contributed by atoms with Crippen molar-refractivity contribution in [3.8, 4) is 0 Å². The average molecular weight is 372 g/mol. The summed E-state index contributed by atoms with van der Waals surface area (Å²) in [5.41, 5.74) is 2.39. The van der Waals surface area contributed by atoms with Gasteiger partial charge in [-0.15, -0.1) is 0 Å². The zero-order valence-corrected chi connectivity index (χ0v) is 15.4. The highest BCUT2D eigenvalue weighted by Gasteiger charge is 2.32. The number of rotatable bonds is 4. The van der Waals surface area contributed by atoms with Gasteiger partial charge in [0.05, 0.1) is 11.4 Å². The molecule has 2 aromatic rings. The van der Waals surface area contributed by atoms with Gasteiger partial charge in [-0.3, -0.25) is 9.63 Å². The second-order valence-corrected chi connectivity index (χ2v) is 7.87. The summed E-state index contributed by atoms with van der Waals surface area (Å²) in [7, 11) is -3.82. The number of carbonyl (C=O) groups is 1. The van der Waals surface area contributed by atoms with Crippen molar-refractivity contribution in [2.24, 2.45) is 0 Å². The minimum absolute atomic E-state index is 0.103. The maximum absolute atomic E-state index is 12.9. The summed E-state index contributed by atoms with van der Waals surface area (Å²) in [4.78, 5) is 17.0. The number of anilines is 1. The van der Waals surface area contributed by atoms with Gasteiger partial charge in [-0.1, -0.05) is 40.9 Å². The first-order chi connectivity index (χ1) is 12.4. The molecule has 136 valence electrons. The lowest BCUT2D eigenvalue weighted by molar-refractivity contribution is -0.123. The molecule has 1 atom stereocenters. The Morgan fingerprint density at radius 3 is 2.38 bits per heavy atom. The second kappa shape index (κ2) is 7.41. The van der Waals surface area contributed by atoms with Gasteiger partial charge < -0.3 is 5.32 Å². The molecular weight excluding hydrogens is 352 g/mol. The van der Waals surface area contributed by atoms with Crippen molar-refractivity contribution < 1.29 is 18.0 Å². The Hall–Kier alpha value is -2.48. The molecule has 0 spiro atoms. The van der Waals surface area contributed by atoms with Crippen LogP contribution in [0.1, 0.15) is 25.5 Å². The zero-order chi connectivity index (χ0) is 18.7. The van der Waals surface area contributed by atoms with E-state index in [2.05, 4.69) is 5.32 Å². The van der Waals surface area contributed by atoms with E-state index in [0.29, 0.717) is 5.69 Å². The molecule has 1 aliphatic rings. The quantitative estimate of drug-likeness (QED) is 0.836. The standard InChI is InChI=1S/C19H20N2O4S/c1-14-12-13-21(25-19(14)16-6-4-3-5-7-16)26(23,24)18-10-8-17(9-11-18)20-15(2)22/h3-12,19H,13H2,1-2H3,(H,20,22). The summed E-state index contributed by atoms with van der Waals surface area (Å²) in [5.74, 6) is -0.216. The van der Waals surface area contributed by atoms with Crippen LogP contribution in [0.5, 0.6) is 0 Å². The summed E-state index contributed by atoms with van der Waals surface area (Å²) in [6.45, 7) is 3.46. The lowest BCUT2D eigenvalue weighted by atomic mass is 10.0. The fourth-order valence-corrected chi connectivity index (χ4v) is 3.89. The van der Waals surface area contributed by atoms with Crippen molar-refractivity contribution in [3.63, 3.8) is 0 Å². The Morgan fingerprint density at radius 1 is 1.12 bits per heavy atom. The molecule has 0 saturated heterocycles. The highest BCUT2D eigenvalue weighted by atomic mass is 32.2. The summed E-state index contributed by atoms with van der Waals surface area (Å²) in [5, 5.41) is 2.61. The van der Waals surface area contributed by atoms with E-state index in [9.17, 15) is 13.2 Å². The molecule has 26 heavy (non-hydrogen) atoms. The van der Waals surface area contributed by atoms with Gasteiger partial charge in [0.1, 0.15) is 6.10 Å². The van der Waals surface area contributed by atoms with Gasteiger partial charge in [-0.25, -0.2) is 8.42 Å². The second-order valence-electron chi connectivity index (χ2n) is 6.04. The number of amides is 1. The van der Waals surface area contributed by atoms with Crippen LogP contribution in [0.3, 0.4) is 0 Å². The van der Waals surface area contributed by atoms with E-state index >= 15 is 0 Å². The fraction of sp³-hybridized carbons (Fsp3) is 0.211. The van der Waals surface area contributed by atoms with Crippen molar-refractivity contribution in [1.29, 1.82) is 0 Å². The van der Waals surface area contributed by atoms with Crippen molar-refractivity contribution in [2.75, 3.05) is 11.9 Å². The summed E-state index contributed by atoms with van der Waals surface area (Å²) in [6.07, 6.45) is 1.41. The molecule has 1 heterocycles. The van der Waals surface area contributed by atoms with Crippen LogP contribution in [0, 0.1) is 0 Å². The Labute approximate surface area is 153 Å². The van der Waals surface area contributed by atoms with Crippen LogP contribution in [0.4, 0.5) is 5.69 Å². The van der Waals surface area contributed by atoms with Crippen LogP contribution < -0.4 is 5.32 Å². The first-order valence-electron chi connectivity index (χ1n) is 8.16. The number of nitrogens with zero attached hydrogens (tertiary/aromatic N) is 1. The fourth-order valence-electron chi connectivity index (χ4n) is 2.71. The summed E-state index contributed by atoms with van der Waals surface area (Å²) in [6, 6.07) is 15.5. The number of hydroxylamine groups is 1. The highest BCUT2D eigenvalue weighted by Crippen LogP contribution is 2.32. The van der Waals surface area contributed by atoms with Crippen LogP contribution in [-0.2, 0) is 19.7 Å². The van der Waals surface area contributed by atoms with Crippen LogP contribution in [-0.4, -0.2) is 25.3 Å². The smallest absolute Gasteiger partial charge is 0.265 e. The molecule has 1 aliphatic heterocycles. The van der Waals surface area contributed by atoms with Crippen molar-refractivity contribution in [3.05, 3.63) is 71.8 Å². The van der Waals surface area contributed by atoms with Gasteiger partial charge in [0.2, 0.25) is 5.91 Å². The highest BCUT2D eigenvalue weighted by molar-refractivity contribution is 7.89. The number of carbonyl (C=O) groups excluding carboxylic acids is 1. The number of hydrogen-bond donors (Lipinski definition) is 1. The topological polar surface area (TPSA) is 75.7 Å². The van der Waals surface area contributed by atoms with E-state index in [1.807, 2.05) is 43.3 Å². The molecule has 0 saturated carbocycles. The van der Waals surface area contributed by atoms with E-state index in [1.54, 1.807) is 12.1 Å². The van der Waals surface area contributed by atoms with Crippen LogP contribution in [0.25, 0.3) is 0 Å². The molecule has 0 fully saturated rings. The summed E-state index contributed by atoms with van der Waals surface area (Å²) >= 11 is 0. The molecule has 0 aromatic heterocycles. The first-order valence-corrected chi connectivity index (χ1v) is 9.61. The minimum Gasteiger partial charge on any atom is -0.326 e. The third-order valence-corrected chi connectivity index (χ3v) is 5.68. The number of sulfonamides is 1. The number of hydrogen-bond acceptors (Lipinski definition) is 4. The van der Waals surface area contributed by atoms with E-state index in [0.717, 1.165) is 15.6 Å². The van der Waals surface area contributed by atoms with Gasteiger partial charge in [0.25, 0.3) is 10.0 Å². The number of benzene rings is 2. The molecule has 2 aromatic carbocycles. The van der Waals surface area contributed by atoms with Gasteiger partial charge in [0.15, 0.2) is 0 Å². The predicted octanol–water partition coefficient (Wildman–Crippen LogP) is 3.27. The monoisotopic (exact) mass is 372 g/mol. The van der Waals surface area contributed by atoms with E-state index in [-0.39, 0.29) is 17.3 Å². The Bertz CT molecular complexity index is 922. The first kappa shape index (κ1) is 18.3. The minimum atomic E-state index is -3.82. The van der Waals surface area contributed by atoms with Crippen molar-refractivity contribution >= 4 is 21.6 Å². The Balaban J connectivity index is 1.84. The van der Waals surface area contributed by atoms with E-state index < -0.39 is 16.1 Å². The molecule has 1 amide bonds. The molecule has 7 heteroatoms. The molecule has 0 aliphatic carbocycles. The lowest BCUT2D eigenvalue weighted by Crippen LogP contribution is -2.36. The predicted molar refractivity (Wildman–Crippen MR) is 98.7 cm³/mol. The largest absolute Gasteiger partial charge is 0.326 e. The van der Waals surface area contributed by atoms with Gasteiger partial charge in [-0.2, -0.15) is 0 Å². The third-order valence-electron chi connectivity index (χ3n) is 4.04. The van der Waals surface area contributed by atoms with Crippen molar-refractivity contribution in [1.82, 2.24) is 4.47 Å². The maximum atomic E-state index is 12.9. The maximum Gasteiger partial charge on any atom is 0.265 e. The SMILES string of the molecule is CC(=O)Nc1ccc(S(=O)(=O)N2CC=C(C)C(c3ccccc3)O2)cc1. The zero-order valence-electron chi connectivity index (χ0n) is 14.5. The molecular formula is C19H20N2O4S. The van der Waals surface area contributed by atoms with Gasteiger partial charge >= 0.3 is 0 Å². The van der Waals surface area contributed by atoms with Crippen molar-refractivity contribution in [2.45, 2.75) is 24.8 Å². The average Bonchev–Trinajstić information content (AvgIpc) is 2.62. The summed E-state index contributed by atoms with van der Waals surface area (Å²) < 4.78 is 26.8. The van der Waals surface area contributed by atoms with Crippen LogP contribution in [0.2, 0.25) is 0 Å². The van der Waals surface area contributed by atoms with Crippen LogP contribution in [0.15, 0.2) is 71.1 Å². The molecule has 0 bridgehead atoms. The Morgan fingerprint density at radius 2 is 1.77 bits per heavy atom. The molecule has 3 rings (SSSR count). The van der Waals surface area contributed by atoms with E-state index in [4.69, 9.17) is 4.84 Å².